The second-order valence-corrected chi connectivity index (χ2v) is 15.2. The first-order valence-electron chi connectivity index (χ1n) is 15.3. The fraction of sp³-hybridized carbons (Fsp3) is 0.688. The van der Waals surface area contributed by atoms with Crippen LogP contribution in [0.15, 0.2) is 24.3 Å². The molecule has 8 heteroatoms. The molecular formula is C32H43N3O4S. The van der Waals surface area contributed by atoms with Crippen molar-refractivity contribution in [2.24, 2.45) is 16.7 Å². The van der Waals surface area contributed by atoms with Crippen molar-refractivity contribution < 1.29 is 19.2 Å². The largest absolute Gasteiger partial charge is 0.351 e. The van der Waals surface area contributed by atoms with Crippen molar-refractivity contribution in [2.45, 2.75) is 115 Å². The van der Waals surface area contributed by atoms with Gasteiger partial charge in [-0.1, -0.05) is 44.9 Å². The standard InChI is InChI=1S/C32H43N3O4S/c1-30-16-22-17-31(2,19-30)21-32(18-22,20-30)33-25(36)12-5-3-4-8-15-40-29-24-11-7-6-10-23(24)28(39)35(29)34-26(37)13-9-14-27(34)38/h6-7,10-11,22,29H,3-5,8-9,12-21H2,1-2H3,(H,33,36). The summed E-state index contributed by atoms with van der Waals surface area (Å²) in [6.07, 6.45) is 13.0. The number of piperidine rings is 1. The number of hydrogen-bond acceptors (Lipinski definition) is 5. The molecule has 1 aromatic rings. The van der Waals surface area contributed by atoms with E-state index in [0.29, 0.717) is 29.2 Å². The van der Waals surface area contributed by atoms with Crippen LogP contribution in [0.25, 0.3) is 0 Å². The van der Waals surface area contributed by atoms with Crippen LogP contribution in [-0.4, -0.2) is 44.9 Å². The number of fused-ring (bicyclic) bond motifs is 1. The van der Waals surface area contributed by atoms with Crippen LogP contribution in [0.3, 0.4) is 0 Å². The third kappa shape index (κ3) is 5.21. The molecule has 4 saturated carbocycles. The summed E-state index contributed by atoms with van der Waals surface area (Å²) in [6, 6.07) is 7.42. The van der Waals surface area contributed by atoms with E-state index >= 15 is 0 Å². The average Bonchev–Trinajstić information content (AvgIpc) is 3.12. The molecular weight excluding hydrogens is 522 g/mol. The number of nitrogens with zero attached hydrogens (tertiary/aromatic N) is 2. The fourth-order valence-electron chi connectivity index (χ4n) is 9.49. The van der Waals surface area contributed by atoms with Crippen LogP contribution in [0.5, 0.6) is 0 Å². The lowest BCUT2D eigenvalue weighted by Gasteiger charge is -2.65. The average molecular weight is 566 g/mol. The number of carbonyl (C=O) groups excluding carboxylic acids is 4. The zero-order valence-electron chi connectivity index (χ0n) is 24.0. The van der Waals surface area contributed by atoms with E-state index < -0.39 is 0 Å². The van der Waals surface area contributed by atoms with Gasteiger partial charge in [0.2, 0.25) is 17.7 Å². The number of hydrazine groups is 1. The van der Waals surface area contributed by atoms with Gasteiger partial charge in [-0.15, -0.1) is 11.8 Å². The van der Waals surface area contributed by atoms with E-state index in [9.17, 15) is 19.2 Å². The third-order valence-corrected chi connectivity index (χ3v) is 11.3. The Morgan fingerprint density at radius 1 is 0.925 bits per heavy atom. The van der Waals surface area contributed by atoms with Crippen molar-refractivity contribution >= 4 is 35.4 Å². The molecule has 40 heavy (non-hydrogen) atoms. The van der Waals surface area contributed by atoms with E-state index in [1.54, 1.807) is 17.8 Å². The fourth-order valence-corrected chi connectivity index (χ4v) is 10.8. The summed E-state index contributed by atoms with van der Waals surface area (Å²) in [6.45, 7) is 4.88. The summed E-state index contributed by atoms with van der Waals surface area (Å²) >= 11 is 1.62. The summed E-state index contributed by atoms with van der Waals surface area (Å²) in [5.74, 6) is 0.942. The van der Waals surface area contributed by atoms with Crippen molar-refractivity contribution in [1.82, 2.24) is 15.3 Å². The van der Waals surface area contributed by atoms with Crippen molar-refractivity contribution in [3.05, 3.63) is 35.4 Å². The Balaban J connectivity index is 0.968. The molecule has 7 rings (SSSR count). The van der Waals surface area contributed by atoms with Gasteiger partial charge >= 0.3 is 0 Å². The van der Waals surface area contributed by atoms with Crippen molar-refractivity contribution in [3.63, 3.8) is 0 Å². The van der Waals surface area contributed by atoms with Crippen LogP contribution in [0.4, 0.5) is 0 Å². The second-order valence-electron chi connectivity index (χ2n) is 14.0. The topological polar surface area (TPSA) is 86.8 Å². The predicted octanol–water partition coefficient (Wildman–Crippen LogP) is 6.14. The molecule has 1 N–H and O–H groups in total. The first-order valence-corrected chi connectivity index (χ1v) is 16.4. The quantitative estimate of drug-likeness (QED) is 0.272. The predicted molar refractivity (Wildman–Crippen MR) is 155 cm³/mol. The van der Waals surface area contributed by atoms with Gasteiger partial charge < -0.3 is 5.32 Å². The van der Waals surface area contributed by atoms with Gasteiger partial charge in [0.15, 0.2) is 0 Å². The minimum absolute atomic E-state index is 0.0225. The van der Waals surface area contributed by atoms with Crippen LogP contribution in [-0.2, 0) is 14.4 Å². The molecule has 0 spiro atoms. The van der Waals surface area contributed by atoms with E-state index in [-0.39, 0.29) is 47.4 Å². The highest BCUT2D eigenvalue weighted by Crippen LogP contribution is 2.66. The van der Waals surface area contributed by atoms with Crippen LogP contribution >= 0.6 is 11.8 Å². The zero-order valence-corrected chi connectivity index (χ0v) is 24.8. The van der Waals surface area contributed by atoms with E-state index in [4.69, 9.17) is 0 Å². The van der Waals surface area contributed by atoms with Gasteiger partial charge in [-0.2, -0.15) is 5.01 Å². The number of thioether (sulfide) groups is 1. The maximum Gasteiger partial charge on any atom is 0.274 e. The molecule has 4 aliphatic carbocycles. The minimum atomic E-state index is -0.371. The number of nitrogens with one attached hydrogen (secondary N) is 1. The second kappa shape index (κ2) is 10.5. The van der Waals surface area contributed by atoms with Gasteiger partial charge in [0, 0.05) is 30.4 Å². The lowest BCUT2D eigenvalue weighted by molar-refractivity contribution is -0.164. The monoisotopic (exact) mass is 565 g/mol. The molecule has 1 saturated heterocycles. The molecule has 3 unspecified atom stereocenters. The minimum Gasteiger partial charge on any atom is -0.351 e. The van der Waals surface area contributed by atoms with Gasteiger partial charge in [0.05, 0.1) is 0 Å². The van der Waals surface area contributed by atoms with Crippen molar-refractivity contribution in [1.29, 1.82) is 0 Å². The van der Waals surface area contributed by atoms with Crippen molar-refractivity contribution in [2.75, 3.05) is 5.75 Å². The van der Waals surface area contributed by atoms with Gasteiger partial charge in [-0.05, 0) is 91.9 Å². The van der Waals surface area contributed by atoms with Gasteiger partial charge in [0.25, 0.3) is 5.91 Å². The van der Waals surface area contributed by atoms with Crippen LogP contribution < -0.4 is 5.32 Å². The molecule has 5 fully saturated rings. The maximum atomic E-state index is 13.2. The number of amides is 4. The number of benzene rings is 1. The molecule has 6 aliphatic rings. The Morgan fingerprint density at radius 2 is 1.60 bits per heavy atom. The third-order valence-electron chi connectivity index (χ3n) is 9.96. The molecule has 7 nitrogen and oxygen atoms in total. The van der Waals surface area contributed by atoms with E-state index in [2.05, 4.69) is 19.2 Å². The highest BCUT2D eigenvalue weighted by atomic mass is 32.2. The Hall–Kier alpha value is -2.35. The number of hydrogen-bond donors (Lipinski definition) is 1. The van der Waals surface area contributed by atoms with E-state index in [1.807, 2.05) is 18.2 Å². The highest BCUT2D eigenvalue weighted by molar-refractivity contribution is 7.99. The Kier molecular flexibility index (Phi) is 7.29. The van der Waals surface area contributed by atoms with Gasteiger partial charge in [-0.25, -0.2) is 5.01 Å². The van der Waals surface area contributed by atoms with Crippen LogP contribution in [0.2, 0.25) is 0 Å². The number of imide groups is 1. The number of unbranched alkanes of at least 4 members (excludes halogenated alkanes) is 3. The Bertz CT molecular complexity index is 1180. The molecule has 3 atom stereocenters. The molecule has 2 aliphatic heterocycles. The molecule has 4 bridgehead atoms. The number of carbonyl (C=O) groups is 4. The summed E-state index contributed by atoms with van der Waals surface area (Å²) in [5, 5.41) is 5.66. The highest BCUT2D eigenvalue weighted by Gasteiger charge is 2.60. The van der Waals surface area contributed by atoms with Gasteiger partial charge in [-0.3, -0.25) is 19.2 Å². The first-order chi connectivity index (χ1) is 19.1. The Morgan fingerprint density at radius 3 is 2.30 bits per heavy atom. The lowest BCUT2D eigenvalue weighted by atomic mass is 9.43. The number of rotatable bonds is 10. The van der Waals surface area contributed by atoms with Crippen molar-refractivity contribution in [3.8, 4) is 0 Å². The maximum absolute atomic E-state index is 13.2. The van der Waals surface area contributed by atoms with Crippen LogP contribution in [0, 0.1) is 16.7 Å². The van der Waals surface area contributed by atoms with Gasteiger partial charge in [0.1, 0.15) is 5.37 Å². The summed E-state index contributed by atoms with van der Waals surface area (Å²) in [7, 11) is 0. The zero-order chi connectivity index (χ0) is 28.1. The van der Waals surface area contributed by atoms with E-state index in [0.717, 1.165) is 60.8 Å². The first kappa shape index (κ1) is 27.8. The normalized spacial score (nSPS) is 34.5. The SMILES string of the molecule is CC12CC3CC(C)(C1)CC(NC(=O)CCCCCCSC1c4ccccc4C(=O)N1N1C(=O)CCCC1=O)(C3)C2. The van der Waals surface area contributed by atoms with E-state index in [1.165, 1.54) is 30.7 Å². The Labute approximate surface area is 242 Å². The molecule has 0 radical (unpaired) electrons. The summed E-state index contributed by atoms with van der Waals surface area (Å²) in [5.41, 5.74) is 2.25. The molecule has 0 aromatic heterocycles. The molecule has 4 amide bonds. The smallest absolute Gasteiger partial charge is 0.274 e. The lowest BCUT2D eigenvalue weighted by Crippen LogP contribution is -2.65. The summed E-state index contributed by atoms with van der Waals surface area (Å²) in [4.78, 5) is 51.5. The van der Waals surface area contributed by atoms with Crippen LogP contribution in [0.1, 0.15) is 125 Å². The molecule has 1 aromatic carbocycles. The molecule has 2 heterocycles. The molecule has 216 valence electrons. The summed E-state index contributed by atoms with van der Waals surface area (Å²) < 4.78 is 0.